The van der Waals surface area contributed by atoms with Gasteiger partial charge in [0, 0.05) is 6.92 Å². The molecular weight excluding hydrogens is 244 g/mol. The molecule has 3 nitrogen and oxygen atoms in total. The normalized spacial score (nSPS) is 10.8. The minimum absolute atomic E-state index is 0.0278. The maximum Gasteiger partial charge on any atom is 0.195 e. The summed E-state index contributed by atoms with van der Waals surface area (Å²) in [5, 5.41) is 0. The summed E-state index contributed by atoms with van der Waals surface area (Å²) in [6.45, 7) is 3.42. The van der Waals surface area contributed by atoms with E-state index >= 15 is 0 Å². The van der Waals surface area contributed by atoms with Crippen LogP contribution in [-0.2, 0) is 0 Å². The van der Waals surface area contributed by atoms with Crippen molar-refractivity contribution in [2.75, 3.05) is 0 Å². The number of ketones is 1. The van der Waals surface area contributed by atoms with Crippen LogP contribution in [-0.4, -0.2) is 15.2 Å². The Kier molecular flexibility index (Phi) is 2.15. The van der Waals surface area contributed by atoms with Gasteiger partial charge in [-0.15, -0.1) is 0 Å². The lowest BCUT2D eigenvalue weighted by Crippen LogP contribution is -2.01. The SMILES string of the molecule is CC(=O)c1nc(C)c2cccc(Br)n12. The van der Waals surface area contributed by atoms with Crippen molar-refractivity contribution < 1.29 is 4.79 Å². The lowest BCUT2D eigenvalue weighted by atomic mass is 10.3. The lowest BCUT2D eigenvalue weighted by molar-refractivity contribution is 0.100. The van der Waals surface area contributed by atoms with Crippen molar-refractivity contribution in [2.24, 2.45) is 0 Å². The van der Waals surface area contributed by atoms with Gasteiger partial charge in [0.2, 0.25) is 0 Å². The molecule has 0 aromatic carbocycles. The first kappa shape index (κ1) is 9.40. The highest BCUT2D eigenvalue weighted by molar-refractivity contribution is 9.10. The first-order valence-corrected chi connectivity index (χ1v) is 5.05. The Hall–Kier alpha value is -1.16. The van der Waals surface area contributed by atoms with Crippen molar-refractivity contribution >= 4 is 27.2 Å². The van der Waals surface area contributed by atoms with E-state index < -0.39 is 0 Å². The topological polar surface area (TPSA) is 34.4 Å². The minimum atomic E-state index is -0.0278. The van der Waals surface area contributed by atoms with E-state index in [1.807, 2.05) is 29.5 Å². The molecule has 0 N–H and O–H groups in total. The number of aryl methyl sites for hydroxylation is 1. The van der Waals surface area contributed by atoms with Crippen LogP contribution in [0.2, 0.25) is 0 Å². The average molecular weight is 253 g/mol. The number of imidazole rings is 1. The van der Waals surface area contributed by atoms with Crippen LogP contribution in [0.25, 0.3) is 5.52 Å². The van der Waals surface area contributed by atoms with Gasteiger partial charge in [-0.3, -0.25) is 9.20 Å². The first-order valence-electron chi connectivity index (χ1n) is 4.26. The number of carbonyl (C=O) groups excluding carboxylic acids is 1. The zero-order chi connectivity index (χ0) is 10.3. The molecule has 2 aromatic rings. The van der Waals surface area contributed by atoms with E-state index in [1.165, 1.54) is 6.92 Å². The van der Waals surface area contributed by atoms with Gasteiger partial charge in [-0.2, -0.15) is 0 Å². The number of aromatic nitrogens is 2. The number of fused-ring (bicyclic) bond motifs is 1. The molecule has 0 aliphatic carbocycles. The number of hydrogen-bond acceptors (Lipinski definition) is 2. The molecule has 72 valence electrons. The van der Waals surface area contributed by atoms with Crippen LogP contribution in [0, 0.1) is 6.92 Å². The molecule has 0 aliphatic rings. The summed E-state index contributed by atoms with van der Waals surface area (Å²) in [7, 11) is 0. The highest BCUT2D eigenvalue weighted by atomic mass is 79.9. The number of carbonyl (C=O) groups is 1. The van der Waals surface area contributed by atoms with Crippen LogP contribution in [0.1, 0.15) is 23.2 Å². The maximum atomic E-state index is 11.3. The summed E-state index contributed by atoms with van der Waals surface area (Å²) >= 11 is 3.40. The molecule has 0 unspecified atom stereocenters. The molecule has 0 bridgehead atoms. The first-order chi connectivity index (χ1) is 6.61. The molecule has 0 saturated carbocycles. The molecule has 4 heteroatoms. The fraction of sp³-hybridized carbons (Fsp3) is 0.200. The molecule has 0 atom stereocenters. The van der Waals surface area contributed by atoms with Crippen molar-refractivity contribution in [3.63, 3.8) is 0 Å². The Morgan fingerprint density at radius 3 is 2.86 bits per heavy atom. The standard InChI is InChI=1S/C10H9BrN2O/c1-6-8-4-3-5-9(11)13(8)10(12-6)7(2)14/h3-5H,1-2H3. The van der Waals surface area contributed by atoms with Crippen LogP contribution < -0.4 is 0 Å². The van der Waals surface area contributed by atoms with Gasteiger partial charge in [0.05, 0.1) is 15.8 Å². The van der Waals surface area contributed by atoms with Gasteiger partial charge < -0.3 is 0 Å². The Bertz CT molecular complexity index is 516. The van der Waals surface area contributed by atoms with E-state index in [1.54, 1.807) is 0 Å². The summed E-state index contributed by atoms with van der Waals surface area (Å²) in [5.74, 6) is 0.449. The van der Waals surface area contributed by atoms with Crippen molar-refractivity contribution in [1.82, 2.24) is 9.38 Å². The van der Waals surface area contributed by atoms with Gasteiger partial charge in [-0.05, 0) is 35.0 Å². The number of hydrogen-bond donors (Lipinski definition) is 0. The molecule has 0 amide bonds. The Labute approximate surface area is 89.9 Å². The Morgan fingerprint density at radius 1 is 1.50 bits per heavy atom. The van der Waals surface area contributed by atoms with Gasteiger partial charge >= 0.3 is 0 Å². The minimum Gasteiger partial charge on any atom is -0.291 e. The van der Waals surface area contributed by atoms with Gasteiger partial charge in [-0.1, -0.05) is 6.07 Å². The second-order valence-electron chi connectivity index (χ2n) is 3.15. The van der Waals surface area contributed by atoms with Gasteiger partial charge in [0.15, 0.2) is 11.6 Å². The maximum absolute atomic E-state index is 11.3. The predicted molar refractivity (Wildman–Crippen MR) is 57.6 cm³/mol. The van der Waals surface area contributed by atoms with E-state index in [9.17, 15) is 4.79 Å². The number of nitrogens with zero attached hydrogens (tertiary/aromatic N) is 2. The van der Waals surface area contributed by atoms with Crippen molar-refractivity contribution in [1.29, 1.82) is 0 Å². The van der Waals surface area contributed by atoms with Crippen LogP contribution in [0.5, 0.6) is 0 Å². The number of Topliss-reactive ketones (excluding diaryl/α,β-unsaturated/α-hetero) is 1. The van der Waals surface area contributed by atoms with E-state index in [2.05, 4.69) is 20.9 Å². The summed E-state index contributed by atoms with van der Waals surface area (Å²) in [6.07, 6.45) is 0. The third-order valence-corrected chi connectivity index (χ3v) is 2.73. The van der Waals surface area contributed by atoms with E-state index in [-0.39, 0.29) is 5.78 Å². The molecular formula is C10H9BrN2O. The molecule has 0 spiro atoms. The molecule has 0 aliphatic heterocycles. The van der Waals surface area contributed by atoms with Crippen molar-refractivity contribution in [2.45, 2.75) is 13.8 Å². The molecule has 2 aromatic heterocycles. The van der Waals surface area contributed by atoms with Crippen LogP contribution >= 0.6 is 15.9 Å². The zero-order valence-corrected chi connectivity index (χ0v) is 9.50. The van der Waals surface area contributed by atoms with Gasteiger partial charge in [-0.25, -0.2) is 4.98 Å². The summed E-state index contributed by atoms with van der Waals surface area (Å²) in [6, 6.07) is 5.76. The molecule has 14 heavy (non-hydrogen) atoms. The fourth-order valence-corrected chi connectivity index (χ4v) is 1.99. The largest absolute Gasteiger partial charge is 0.291 e. The molecule has 0 saturated heterocycles. The number of rotatable bonds is 1. The monoisotopic (exact) mass is 252 g/mol. The Balaban J connectivity index is 2.93. The van der Waals surface area contributed by atoms with Crippen molar-refractivity contribution in [3.05, 3.63) is 34.3 Å². The Morgan fingerprint density at radius 2 is 2.21 bits per heavy atom. The van der Waals surface area contributed by atoms with Crippen molar-refractivity contribution in [3.8, 4) is 0 Å². The number of pyridine rings is 1. The highest BCUT2D eigenvalue weighted by Crippen LogP contribution is 2.19. The average Bonchev–Trinajstić information content (AvgIpc) is 2.46. The summed E-state index contributed by atoms with van der Waals surface area (Å²) < 4.78 is 2.67. The lowest BCUT2D eigenvalue weighted by Gasteiger charge is -1.99. The van der Waals surface area contributed by atoms with Gasteiger partial charge in [0.1, 0.15) is 0 Å². The zero-order valence-electron chi connectivity index (χ0n) is 7.91. The van der Waals surface area contributed by atoms with Gasteiger partial charge in [0.25, 0.3) is 0 Å². The second-order valence-corrected chi connectivity index (χ2v) is 3.96. The van der Waals surface area contributed by atoms with E-state index in [0.717, 1.165) is 15.8 Å². The van der Waals surface area contributed by atoms with E-state index in [0.29, 0.717) is 5.82 Å². The molecule has 2 rings (SSSR count). The molecule has 0 fully saturated rings. The molecule has 0 radical (unpaired) electrons. The van der Waals surface area contributed by atoms with Crippen LogP contribution in [0.4, 0.5) is 0 Å². The third kappa shape index (κ3) is 1.26. The number of halogens is 1. The summed E-state index contributed by atoms with van der Waals surface area (Å²) in [4.78, 5) is 15.6. The smallest absolute Gasteiger partial charge is 0.195 e. The van der Waals surface area contributed by atoms with E-state index in [4.69, 9.17) is 0 Å². The summed E-state index contributed by atoms with van der Waals surface area (Å²) in [5.41, 5.74) is 1.83. The fourth-order valence-electron chi connectivity index (χ4n) is 1.48. The highest BCUT2D eigenvalue weighted by Gasteiger charge is 2.12. The van der Waals surface area contributed by atoms with Crippen LogP contribution in [0.15, 0.2) is 22.8 Å². The van der Waals surface area contributed by atoms with Crippen LogP contribution in [0.3, 0.4) is 0 Å². The predicted octanol–water partition coefficient (Wildman–Crippen LogP) is 2.61. The molecule has 2 heterocycles. The third-order valence-electron chi connectivity index (χ3n) is 2.11. The second kappa shape index (κ2) is 3.20. The quantitative estimate of drug-likeness (QED) is 0.578.